The van der Waals surface area contributed by atoms with Gasteiger partial charge in [0, 0.05) is 12.8 Å². The molecule has 0 aromatic carbocycles. The molecule has 0 saturated heterocycles. The molecule has 0 saturated carbocycles. The molecular formula is C22H32O5. The number of carboxylic acids is 1. The van der Waals surface area contributed by atoms with E-state index < -0.39 is 18.2 Å². The van der Waals surface area contributed by atoms with Crippen molar-refractivity contribution in [2.75, 3.05) is 0 Å². The monoisotopic (exact) mass is 376 g/mol. The molecule has 0 aromatic rings. The summed E-state index contributed by atoms with van der Waals surface area (Å²) in [6, 6.07) is 0. The van der Waals surface area contributed by atoms with Crippen molar-refractivity contribution in [3.05, 3.63) is 72.6 Å². The first-order valence-electron chi connectivity index (χ1n) is 9.23. The Balaban J connectivity index is 4.06. The summed E-state index contributed by atoms with van der Waals surface area (Å²) >= 11 is 0. The Morgan fingerprint density at radius 2 is 1.67 bits per heavy atom. The third kappa shape index (κ3) is 16.8. The normalized spacial score (nSPS) is 15.7. The molecule has 0 spiro atoms. The Morgan fingerprint density at radius 3 is 2.37 bits per heavy atom. The average molecular weight is 376 g/mol. The van der Waals surface area contributed by atoms with Gasteiger partial charge in [-0.15, -0.1) is 0 Å². The van der Waals surface area contributed by atoms with Crippen LogP contribution in [0, 0.1) is 0 Å². The number of carbonyl (C=O) groups is 1. The van der Waals surface area contributed by atoms with E-state index in [9.17, 15) is 20.1 Å². The lowest BCUT2D eigenvalue weighted by atomic mass is 10.1. The van der Waals surface area contributed by atoms with E-state index in [1.54, 1.807) is 18.2 Å². The molecule has 0 bridgehead atoms. The number of aliphatic carboxylic acids is 1. The summed E-state index contributed by atoms with van der Waals surface area (Å²) in [5.74, 6) is -0.619. The topological polar surface area (TPSA) is 98.0 Å². The molecule has 2 unspecified atom stereocenters. The number of allylic oxidation sites excluding steroid dienone is 9. The van der Waals surface area contributed by atoms with Crippen LogP contribution in [0.3, 0.4) is 0 Å². The number of hydrogen-bond acceptors (Lipinski definition) is 4. The maximum absolute atomic E-state index is 10.3. The van der Waals surface area contributed by atoms with Crippen molar-refractivity contribution in [2.24, 2.45) is 0 Å². The van der Waals surface area contributed by atoms with Crippen LogP contribution in [0.25, 0.3) is 0 Å². The predicted octanol–water partition coefficient (Wildman–Crippen LogP) is 4.38. The minimum absolute atomic E-state index is 0.143. The Hall–Kier alpha value is -2.37. The number of carboxylic acid groups (broad SMARTS) is 1. The second kappa shape index (κ2) is 17.1. The molecule has 0 aromatic heterocycles. The van der Waals surface area contributed by atoms with Crippen LogP contribution in [-0.4, -0.2) is 38.6 Å². The molecule has 2 atom stereocenters. The van der Waals surface area contributed by atoms with E-state index in [-0.39, 0.29) is 18.6 Å². The summed E-state index contributed by atoms with van der Waals surface area (Å²) in [6.07, 6.45) is 20.4. The SMILES string of the molecule is CC/C=C/C/C(O)=C/CC(O)C(O)\C=C/C=C/C=C/C/C=C/CCC(=O)O. The molecule has 5 nitrogen and oxygen atoms in total. The minimum Gasteiger partial charge on any atom is -0.512 e. The van der Waals surface area contributed by atoms with E-state index in [0.29, 0.717) is 12.8 Å². The van der Waals surface area contributed by atoms with Crippen LogP contribution in [0.15, 0.2) is 72.6 Å². The third-order valence-electron chi connectivity index (χ3n) is 3.46. The van der Waals surface area contributed by atoms with Crippen LogP contribution in [0.5, 0.6) is 0 Å². The molecule has 0 aliphatic heterocycles. The van der Waals surface area contributed by atoms with E-state index in [0.717, 1.165) is 12.8 Å². The molecule has 0 amide bonds. The molecule has 0 aliphatic rings. The van der Waals surface area contributed by atoms with E-state index >= 15 is 0 Å². The Kier molecular flexibility index (Phi) is 15.6. The summed E-state index contributed by atoms with van der Waals surface area (Å²) < 4.78 is 0. The van der Waals surface area contributed by atoms with Gasteiger partial charge < -0.3 is 20.4 Å². The standard InChI is InChI=1S/C22H32O5/c1-2-3-11-14-19(23)17-18-21(25)20(24)15-12-9-7-5-4-6-8-10-13-16-22(26)27/h3-5,7-12,15,17,20-21,23-25H,2,6,13-14,16,18H2,1H3,(H,26,27)/b5-4+,9-7+,10-8+,11-3+,15-12-,19-17-. The van der Waals surface area contributed by atoms with Crippen molar-refractivity contribution < 1.29 is 25.2 Å². The fourth-order valence-corrected chi connectivity index (χ4v) is 1.94. The summed E-state index contributed by atoms with van der Waals surface area (Å²) in [7, 11) is 0. The van der Waals surface area contributed by atoms with E-state index in [1.807, 2.05) is 43.4 Å². The maximum atomic E-state index is 10.3. The highest BCUT2D eigenvalue weighted by Gasteiger charge is 2.11. The van der Waals surface area contributed by atoms with E-state index in [2.05, 4.69) is 0 Å². The predicted molar refractivity (Wildman–Crippen MR) is 109 cm³/mol. The first-order chi connectivity index (χ1) is 13.0. The fourth-order valence-electron chi connectivity index (χ4n) is 1.94. The van der Waals surface area contributed by atoms with Crippen LogP contribution >= 0.6 is 0 Å². The average Bonchev–Trinajstić information content (AvgIpc) is 2.63. The van der Waals surface area contributed by atoms with Crippen molar-refractivity contribution in [1.29, 1.82) is 0 Å². The second-order valence-corrected chi connectivity index (χ2v) is 5.91. The van der Waals surface area contributed by atoms with Gasteiger partial charge >= 0.3 is 5.97 Å². The zero-order chi connectivity index (χ0) is 20.3. The van der Waals surface area contributed by atoms with Gasteiger partial charge in [-0.2, -0.15) is 0 Å². The molecule has 0 aliphatic carbocycles. The Morgan fingerprint density at radius 1 is 0.926 bits per heavy atom. The van der Waals surface area contributed by atoms with Gasteiger partial charge in [0.1, 0.15) is 0 Å². The lowest BCUT2D eigenvalue weighted by Crippen LogP contribution is -2.22. The van der Waals surface area contributed by atoms with Crippen molar-refractivity contribution >= 4 is 5.97 Å². The molecule has 27 heavy (non-hydrogen) atoms. The summed E-state index contributed by atoms with van der Waals surface area (Å²) in [5, 5.41) is 37.8. The molecule has 0 heterocycles. The molecule has 0 rings (SSSR count). The van der Waals surface area contributed by atoms with Crippen LogP contribution in [0.4, 0.5) is 0 Å². The zero-order valence-corrected chi connectivity index (χ0v) is 15.9. The highest BCUT2D eigenvalue weighted by molar-refractivity contribution is 5.66. The lowest BCUT2D eigenvalue weighted by Gasteiger charge is -2.12. The number of aliphatic hydroxyl groups is 3. The Labute approximate surface area is 162 Å². The molecule has 0 radical (unpaired) electrons. The number of hydrogen-bond donors (Lipinski definition) is 4. The first-order valence-corrected chi connectivity index (χ1v) is 9.23. The summed E-state index contributed by atoms with van der Waals surface area (Å²) in [6.45, 7) is 2.01. The maximum Gasteiger partial charge on any atom is 0.303 e. The van der Waals surface area contributed by atoms with Crippen molar-refractivity contribution in [1.82, 2.24) is 0 Å². The van der Waals surface area contributed by atoms with Crippen molar-refractivity contribution in [3.63, 3.8) is 0 Å². The van der Waals surface area contributed by atoms with Gasteiger partial charge in [0.2, 0.25) is 0 Å². The van der Waals surface area contributed by atoms with E-state index in [1.165, 1.54) is 12.2 Å². The molecule has 150 valence electrons. The molecule has 4 N–H and O–H groups in total. The van der Waals surface area contributed by atoms with Gasteiger partial charge in [-0.25, -0.2) is 0 Å². The fraction of sp³-hybridized carbons (Fsp3) is 0.409. The number of aliphatic hydroxyl groups excluding tert-OH is 3. The van der Waals surface area contributed by atoms with Gasteiger partial charge in [0.25, 0.3) is 0 Å². The lowest BCUT2D eigenvalue weighted by molar-refractivity contribution is -0.136. The smallest absolute Gasteiger partial charge is 0.303 e. The van der Waals surface area contributed by atoms with Crippen LogP contribution in [0.1, 0.15) is 45.4 Å². The summed E-state index contributed by atoms with van der Waals surface area (Å²) in [4.78, 5) is 10.3. The second-order valence-electron chi connectivity index (χ2n) is 5.91. The first kappa shape index (κ1) is 24.6. The zero-order valence-electron chi connectivity index (χ0n) is 15.9. The van der Waals surface area contributed by atoms with Gasteiger partial charge in [0.15, 0.2) is 0 Å². The van der Waals surface area contributed by atoms with Crippen LogP contribution in [-0.2, 0) is 4.79 Å². The summed E-state index contributed by atoms with van der Waals surface area (Å²) in [5.41, 5.74) is 0. The van der Waals surface area contributed by atoms with E-state index in [4.69, 9.17) is 5.11 Å². The Bertz CT molecular complexity index is 567. The van der Waals surface area contributed by atoms with Crippen LogP contribution < -0.4 is 0 Å². The molecular weight excluding hydrogens is 344 g/mol. The molecule has 5 heteroatoms. The molecule has 0 fully saturated rings. The van der Waals surface area contributed by atoms with Crippen LogP contribution in [0.2, 0.25) is 0 Å². The minimum atomic E-state index is -1.01. The van der Waals surface area contributed by atoms with Gasteiger partial charge in [-0.1, -0.05) is 67.7 Å². The quantitative estimate of drug-likeness (QED) is 0.205. The van der Waals surface area contributed by atoms with Gasteiger partial charge in [-0.3, -0.25) is 4.79 Å². The van der Waals surface area contributed by atoms with Crippen molar-refractivity contribution in [3.8, 4) is 0 Å². The van der Waals surface area contributed by atoms with Gasteiger partial charge in [-0.05, 0) is 31.8 Å². The van der Waals surface area contributed by atoms with Gasteiger partial charge in [0.05, 0.1) is 18.0 Å². The highest BCUT2D eigenvalue weighted by atomic mass is 16.4. The number of rotatable bonds is 14. The largest absolute Gasteiger partial charge is 0.512 e. The van der Waals surface area contributed by atoms with Crippen molar-refractivity contribution in [2.45, 2.75) is 57.7 Å². The highest BCUT2D eigenvalue weighted by Crippen LogP contribution is 2.07. The third-order valence-corrected chi connectivity index (χ3v) is 3.46.